The van der Waals surface area contributed by atoms with Gasteiger partial charge in [-0.1, -0.05) is 6.92 Å². The van der Waals surface area contributed by atoms with Crippen molar-refractivity contribution in [2.45, 2.75) is 19.9 Å². The fourth-order valence-electron chi connectivity index (χ4n) is 0.721. The van der Waals surface area contributed by atoms with Crippen LogP contribution in [0.25, 0.3) is 0 Å². The maximum atomic E-state index is 10.5. The second-order valence-electron chi connectivity index (χ2n) is 2.51. The lowest BCUT2D eigenvalue weighted by molar-refractivity contribution is 0.0905. The van der Waals surface area contributed by atoms with Crippen LogP contribution in [0.4, 0.5) is 4.79 Å². The molecule has 0 radical (unpaired) electrons. The quantitative estimate of drug-likeness (QED) is 0.524. The molecular weight excluding hydrogens is 118 g/mol. The lowest BCUT2D eigenvalue weighted by atomic mass is 10.0. The van der Waals surface area contributed by atoms with E-state index in [2.05, 4.69) is 5.32 Å². The van der Waals surface area contributed by atoms with E-state index >= 15 is 0 Å². The van der Waals surface area contributed by atoms with Crippen LogP contribution < -0.4 is 5.32 Å². The molecule has 1 rings (SSSR count). The average Bonchev–Trinajstić information content (AvgIpc) is 1.80. The third-order valence-corrected chi connectivity index (χ3v) is 1.68. The molecule has 0 aliphatic carbocycles. The van der Waals surface area contributed by atoms with E-state index in [0.717, 1.165) is 0 Å². The van der Waals surface area contributed by atoms with Gasteiger partial charge >= 0.3 is 6.09 Å². The van der Waals surface area contributed by atoms with Gasteiger partial charge in [0, 0.05) is 12.0 Å². The second kappa shape index (κ2) is 2.25. The van der Waals surface area contributed by atoms with Crippen LogP contribution in [0.2, 0.25) is 0 Å². The summed E-state index contributed by atoms with van der Waals surface area (Å²) in [7, 11) is 0. The summed E-state index contributed by atoms with van der Waals surface area (Å²) in [4.78, 5) is 10.5. The number of amides is 1. The van der Waals surface area contributed by atoms with Crippen molar-refractivity contribution in [3.8, 4) is 0 Å². The average molecular weight is 129 g/mol. The van der Waals surface area contributed by atoms with Crippen molar-refractivity contribution in [3.63, 3.8) is 0 Å². The second-order valence-corrected chi connectivity index (χ2v) is 2.51. The number of cyclic esters (lactones) is 1. The molecule has 1 aliphatic heterocycles. The van der Waals surface area contributed by atoms with E-state index in [4.69, 9.17) is 4.74 Å². The Bertz CT molecular complexity index is 124. The molecule has 1 fully saturated rings. The number of carbonyl (C=O) groups is 1. The molecule has 1 amide bonds. The van der Waals surface area contributed by atoms with Crippen molar-refractivity contribution < 1.29 is 9.53 Å². The summed E-state index contributed by atoms with van der Waals surface area (Å²) in [6.45, 7) is 4.57. The van der Waals surface area contributed by atoms with Gasteiger partial charge in [0.2, 0.25) is 0 Å². The summed E-state index contributed by atoms with van der Waals surface area (Å²) >= 11 is 0. The molecular formula is C6H11NO2. The molecule has 3 heteroatoms. The van der Waals surface area contributed by atoms with Gasteiger partial charge in [-0.15, -0.1) is 0 Å². The standard InChI is InChI=1S/C6H11NO2/c1-4-3-9-6(8)7-5(4)2/h4-5H,3H2,1-2H3,(H,7,8)/t4-,5+/m1/s1. The van der Waals surface area contributed by atoms with Gasteiger partial charge < -0.3 is 10.1 Å². The van der Waals surface area contributed by atoms with Gasteiger partial charge in [0.1, 0.15) is 0 Å². The molecule has 2 atom stereocenters. The van der Waals surface area contributed by atoms with E-state index in [0.29, 0.717) is 12.5 Å². The van der Waals surface area contributed by atoms with E-state index in [1.165, 1.54) is 0 Å². The first kappa shape index (κ1) is 6.39. The van der Waals surface area contributed by atoms with Gasteiger partial charge in [0.15, 0.2) is 0 Å². The van der Waals surface area contributed by atoms with Gasteiger partial charge in [-0.2, -0.15) is 0 Å². The molecule has 0 aromatic heterocycles. The fourth-order valence-corrected chi connectivity index (χ4v) is 0.721. The molecule has 3 nitrogen and oxygen atoms in total. The number of rotatable bonds is 0. The minimum atomic E-state index is -0.291. The molecule has 9 heavy (non-hydrogen) atoms. The largest absolute Gasteiger partial charge is 0.449 e. The highest BCUT2D eigenvalue weighted by Gasteiger charge is 2.21. The molecule has 0 spiro atoms. The summed E-state index contributed by atoms with van der Waals surface area (Å²) in [5.74, 6) is 0.433. The lowest BCUT2D eigenvalue weighted by Gasteiger charge is -2.25. The highest BCUT2D eigenvalue weighted by Crippen LogP contribution is 2.07. The number of hydrogen-bond donors (Lipinski definition) is 1. The predicted octanol–water partition coefficient (Wildman–Crippen LogP) is 0.751. The Morgan fingerprint density at radius 3 is 2.78 bits per heavy atom. The van der Waals surface area contributed by atoms with Crippen LogP contribution in [-0.4, -0.2) is 18.7 Å². The molecule has 0 aromatic carbocycles. The minimum Gasteiger partial charge on any atom is -0.449 e. The highest BCUT2D eigenvalue weighted by atomic mass is 16.6. The van der Waals surface area contributed by atoms with Crippen LogP contribution in [0.5, 0.6) is 0 Å². The maximum absolute atomic E-state index is 10.5. The van der Waals surface area contributed by atoms with Crippen LogP contribution in [-0.2, 0) is 4.74 Å². The zero-order valence-corrected chi connectivity index (χ0v) is 5.68. The van der Waals surface area contributed by atoms with E-state index in [1.54, 1.807) is 0 Å². The Hall–Kier alpha value is -0.730. The van der Waals surface area contributed by atoms with Crippen LogP contribution >= 0.6 is 0 Å². The molecule has 0 unspecified atom stereocenters. The van der Waals surface area contributed by atoms with Crippen LogP contribution in [0.3, 0.4) is 0 Å². The van der Waals surface area contributed by atoms with E-state index in [9.17, 15) is 4.79 Å². The predicted molar refractivity (Wildman–Crippen MR) is 33.1 cm³/mol. The summed E-state index contributed by atoms with van der Waals surface area (Å²) < 4.78 is 4.71. The molecule has 0 aromatic rings. The third-order valence-electron chi connectivity index (χ3n) is 1.68. The summed E-state index contributed by atoms with van der Waals surface area (Å²) in [6, 6.07) is 0.256. The van der Waals surface area contributed by atoms with Crippen molar-refractivity contribution in [1.82, 2.24) is 5.32 Å². The molecule has 1 saturated heterocycles. The number of carbonyl (C=O) groups excluding carboxylic acids is 1. The first-order valence-corrected chi connectivity index (χ1v) is 3.13. The van der Waals surface area contributed by atoms with Crippen LogP contribution in [0.15, 0.2) is 0 Å². The Balaban J connectivity index is 2.44. The fraction of sp³-hybridized carbons (Fsp3) is 0.833. The van der Waals surface area contributed by atoms with Gasteiger partial charge in [-0.3, -0.25) is 0 Å². The summed E-state index contributed by atoms with van der Waals surface area (Å²) in [5, 5.41) is 2.67. The summed E-state index contributed by atoms with van der Waals surface area (Å²) in [5.41, 5.74) is 0. The Labute approximate surface area is 54.4 Å². The normalized spacial score (nSPS) is 35.1. The monoisotopic (exact) mass is 129 g/mol. The highest BCUT2D eigenvalue weighted by molar-refractivity contribution is 5.68. The Morgan fingerprint density at radius 2 is 2.33 bits per heavy atom. The van der Waals surface area contributed by atoms with Crippen molar-refractivity contribution in [1.29, 1.82) is 0 Å². The van der Waals surface area contributed by atoms with Gasteiger partial charge in [0.05, 0.1) is 6.61 Å². The molecule has 0 bridgehead atoms. The van der Waals surface area contributed by atoms with Crippen molar-refractivity contribution >= 4 is 6.09 Å². The number of ether oxygens (including phenoxy) is 1. The topological polar surface area (TPSA) is 38.3 Å². The van der Waals surface area contributed by atoms with Crippen LogP contribution in [0.1, 0.15) is 13.8 Å². The van der Waals surface area contributed by atoms with E-state index in [1.807, 2.05) is 13.8 Å². The van der Waals surface area contributed by atoms with Gasteiger partial charge in [0.25, 0.3) is 0 Å². The molecule has 1 N–H and O–H groups in total. The third kappa shape index (κ3) is 1.34. The van der Waals surface area contributed by atoms with Crippen molar-refractivity contribution in [2.24, 2.45) is 5.92 Å². The minimum absolute atomic E-state index is 0.256. The number of nitrogens with one attached hydrogen (secondary N) is 1. The zero-order valence-electron chi connectivity index (χ0n) is 5.68. The zero-order chi connectivity index (χ0) is 6.85. The Morgan fingerprint density at radius 1 is 1.67 bits per heavy atom. The molecule has 1 aliphatic rings. The van der Waals surface area contributed by atoms with Crippen molar-refractivity contribution in [3.05, 3.63) is 0 Å². The molecule has 52 valence electrons. The smallest absolute Gasteiger partial charge is 0.407 e. The first-order chi connectivity index (χ1) is 4.20. The van der Waals surface area contributed by atoms with Crippen LogP contribution in [0, 0.1) is 5.92 Å². The SMILES string of the molecule is C[C@@H]1COC(=O)N[C@H]1C. The lowest BCUT2D eigenvalue weighted by Crippen LogP contribution is -2.44. The molecule has 1 heterocycles. The van der Waals surface area contributed by atoms with E-state index in [-0.39, 0.29) is 12.1 Å². The van der Waals surface area contributed by atoms with Crippen molar-refractivity contribution in [2.75, 3.05) is 6.61 Å². The van der Waals surface area contributed by atoms with Gasteiger partial charge in [-0.25, -0.2) is 4.79 Å². The van der Waals surface area contributed by atoms with E-state index < -0.39 is 0 Å². The summed E-state index contributed by atoms with van der Waals surface area (Å²) in [6.07, 6.45) is -0.291. The maximum Gasteiger partial charge on any atom is 0.407 e. The number of hydrogen-bond acceptors (Lipinski definition) is 2. The molecule has 0 saturated carbocycles. The Kier molecular flexibility index (Phi) is 1.60. The number of alkyl carbamates (subject to hydrolysis) is 1. The van der Waals surface area contributed by atoms with Gasteiger partial charge in [-0.05, 0) is 6.92 Å². The first-order valence-electron chi connectivity index (χ1n) is 3.13.